The van der Waals surface area contributed by atoms with E-state index in [9.17, 15) is 10.1 Å². The lowest BCUT2D eigenvalue weighted by Crippen LogP contribution is -2.21. The van der Waals surface area contributed by atoms with Crippen LogP contribution in [0.5, 0.6) is 0 Å². The van der Waals surface area contributed by atoms with Crippen LogP contribution in [0.25, 0.3) is 0 Å². The third kappa shape index (κ3) is 2.04. The van der Waals surface area contributed by atoms with Crippen molar-refractivity contribution in [2.45, 2.75) is 20.8 Å². The highest BCUT2D eigenvalue weighted by molar-refractivity contribution is 7.19. The molecule has 4 nitrogen and oxygen atoms in total. The Balaban J connectivity index is 3.02. The molecule has 0 saturated carbocycles. The van der Waals surface area contributed by atoms with E-state index in [0.717, 1.165) is 23.7 Å². The summed E-state index contributed by atoms with van der Waals surface area (Å²) in [5.74, 6) is 0. The van der Waals surface area contributed by atoms with Crippen LogP contribution in [0, 0.1) is 17.0 Å². The fraction of sp³-hybridized carbons (Fsp3) is 0.556. The maximum absolute atomic E-state index is 10.6. The van der Waals surface area contributed by atoms with Crippen LogP contribution in [0.2, 0.25) is 0 Å². The van der Waals surface area contributed by atoms with E-state index >= 15 is 0 Å². The SMILES string of the molecule is CCN(CC)c1sc([N+](=O)[O-])cc1C. The molecule has 0 atom stereocenters. The fourth-order valence-electron chi connectivity index (χ4n) is 1.37. The van der Waals surface area contributed by atoms with Gasteiger partial charge in [0.25, 0.3) is 0 Å². The van der Waals surface area contributed by atoms with Gasteiger partial charge in [0, 0.05) is 19.2 Å². The zero-order chi connectivity index (χ0) is 10.7. The standard InChI is InChI=1S/C9H14N2O2S/c1-4-10(5-2)9-7(3)6-8(14-9)11(12)13/h6H,4-5H2,1-3H3. The average molecular weight is 214 g/mol. The molecule has 0 fully saturated rings. The quantitative estimate of drug-likeness (QED) is 0.572. The summed E-state index contributed by atoms with van der Waals surface area (Å²) in [6.07, 6.45) is 0. The van der Waals surface area contributed by atoms with Gasteiger partial charge < -0.3 is 4.90 Å². The first-order valence-corrected chi connectivity index (χ1v) is 5.41. The van der Waals surface area contributed by atoms with E-state index in [1.54, 1.807) is 6.07 Å². The van der Waals surface area contributed by atoms with E-state index in [4.69, 9.17) is 0 Å². The summed E-state index contributed by atoms with van der Waals surface area (Å²) in [6.45, 7) is 7.78. The maximum Gasteiger partial charge on any atom is 0.326 e. The van der Waals surface area contributed by atoms with Gasteiger partial charge in [0.2, 0.25) is 0 Å². The van der Waals surface area contributed by atoms with Crippen molar-refractivity contribution in [3.8, 4) is 0 Å². The Bertz CT molecular complexity index is 332. The average Bonchev–Trinajstić information content (AvgIpc) is 2.51. The fourth-order valence-corrected chi connectivity index (χ4v) is 2.49. The molecule has 1 aromatic rings. The second-order valence-corrected chi connectivity index (χ2v) is 4.01. The third-order valence-corrected chi connectivity index (χ3v) is 3.36. The highest BCUT2D eigenvalue weighted by atomic mass is 32.1. The van der Waals surface area contributed by atoms with Gasteiger partial charge in [0.1, 0.15) is 5.00 Å². The molecule has 0 aliphatic carbocycles. The first-order valence-electron chi connectivity index (χ1n) is 4.59. The van der Waals surface area contributed by atoms with Gasteiger partial charge in [-0.2, -0.15) is 0 Å². The minimum Gasteiger partial charge on any atom is -0.364 e. The predicted molar refractivity (Wildman–Crippen MR) is 59.3 cm³/mol. The van der Waals surface area contributed by atoms with Gasteiger partial charge >= 0.3 is 5.00 Å². The highest BCUT2D eigenvalue weighted by Crippen LogP contribution is 2.35. The molecule has 0 aliphatic heterocycles. The van der Waals surface area contributed by atoms with Crippen LogP contribution in [0.15, 0.2) is 6.07 Å². The van der Waals surface area contributed by atoms with Crippen molar-refractivity contribution in [2.24, 2.45) is 0 Å². The van der Waals surface area contributed by atoms with Crippen LogP contribution in [0.3, 0.4) is 0 Å². The molecule has 5 heteroatoms. The molecule has 14 heavy (non-hydrogen) atoms. The molecule has 0 unspecified atom stereocenters. The Morgan fingerprint density at radius 1 is 1.50 bits per heavy atom. The maximum atomic E-state index is 10.6. The molecule has 0 radical (unpaired) electrons. The van der Waals surface area contributed by atoms with Crippen molar-refractivity contribution < 1.29 is 4.92 Å². The molecule has 0 bridgehead atoms. The van der Waals surface area contributed by atoms with E-state index < -0.39 is 0 Å². The van der Waals surface area contributed by atoms with E-state index in [-0.39, 0.29) is 9.92 Å². The van der Waals surface area contributed by atoms with E-state index in [1.165, 1.54) is 11.3 Å². The minimum atomic E-state index is -0.329. The van der Waals surface area contributed by atoms with Crippen molar-refractivity contribution in [1.82, 2.24) is 0 Å². The molecule has 0 saturated heterocycles. The lowest BCUT2D eigenvalue weighted by molar-refractivity contribution is -0.380. The number of thiophene rings is 1. The second kappa shape index (κ2) is 4.41. The molecular formula is C9H14N2O2S. The van der Waals surface area contributed by atoms with Gasteiger partial charge in [0.05, 0.1) is 4.92 Å². The summed E-state index contributed by atoms with van der Waals surface area (Å²) < 4.78 is 0. The van der Waals surface area contributed by atoms with Crippen LogP contribution >= 0.6 is 11.3 Å². The lowest BCUT2D eigenvalue weighted by atomic mass is 10.3. The number of hydrogen-bond acceptors (Lipinski definition) is 4. The number of nitrogens with zero attached hydrogens (tertiary/aromatic N) is 2. The predicted octanol–water partition coefficient (Wildman–Crippen LogP) is 2.81. The van der Waals surface area contributed by atoms with Gasteiger partial charge in [0.15, 0.2) is 0 Å². The largest absolute Gasteiger partial charge is 0.364 e. The Labute approximate surface area is 87.3 Å². The summed E-state index contributed by atoms with van der Waals surface area (Å²) in [6, 6.07) is 1.64. The summed E-state index contributed by atoms with van der Waals surface area (Å²) in [4.78, 5) is 12.4. The molecule has 1 aromatic heterocycles. The molecule has 0 aromatic carbocycles. The third-order valence-electron chi connectivity index (χ3n) is 2.11. The van der Waals surface area contributed by atoms with Crippen molar-refractivity contribution in [3.05, 3.63) is 21.7 Å². The van der Waals surface area contributed by atoms with Crippen LogP contribution in [-0.2, 0) is 0 Å². The molecule has 0 aliphatic rings. The molecule has 1 rings (SSSR count). The summed E-state index contributed by atoms with van der Waals surface area (Å²) in [5.41, 5.74) is 0.991. The first-order chi connectivity index (χ1) is 6.60. The summed E-state index contributed by atoms with van der Waals surface area (Å²) in [7, 11) is 0. The number of anilines is 1. The van der Waals surface area contributed by atoms with Gasteiger partial charge in [-0.3, -0.25) is 10.1 Å². The van der Waals surface area contributed by atoms with Crippen LogP contribution < -0.4 is 4.90 Å². The van der Waals surface area contributed by atoms with Crippen LogP contribution in [-0.4, -0.2) is 18.0 Å². The topological polar surface area (TPSA) is 46.4 Å². The van der Waals surface area contributed by atoms with Gasteiger partial charge in [-0.15, -0.1) is 0 Å². The molecule has 0 spiro atoms. The molecule has 0 N–H and O–H groups in total. The normalized spacial score (nSPS) is 10.2. The van der Waals surface area contributed by atoms with Crippen LogP contribution in [0.4, 0.5) is 10.0 Å². The Morgan fingerprint density at radius 3 is 2.43 bits per heavy atom. The molecule has 0 amide bonds. The zero-order valence-electron chi connectivity index (χ0n) is 8.61. The summed E-state index contributed by atoms with van der Waals surface area (Å²) >= 11 is 1.25. The molecular weight excluding hydrogens is 200 g/mol. The van der Waals surface area contributed by atoms with E-state index in [0.29, 0.717) is 0 Å². The Kier molecular flexibility index (Phi) is 3.46. The number of nitro groups is 1. The van der Waals surface area contributed by atoms with Crippen LogP contribution in [0.1, 0.15) is 19.4 Å². The second-order valence-electron chi connectivity index (χ2n) is 3.00. The Morgan fingerprint density at radius 2 is 2.07 bits per heavy atom. The van der Waals surface area contributed by atoms with E-state index in [2.05, 4.69) is 18.7 Å². The number of rotatable bonds is 4. The number of hydrogen-bond donors (Lipinski definition) is 0. The minimum absolute atomic E-state index is 0.226. The van der Waals surface area contributed by atoms with E-state index in [1.807, 2.05) is 6.92 Å². The lowest BCUT2D eigenvalue weighted by Gasteiger charge is -2.19. The van der Waals surface area contributed by atoms with Gasteiger partial charge in [-0.25, -0.2) is 0 Å². The molecule has 1 heterocycles. The van der Waals surface area contributed by atoms with Crippen molar-refractivity contribution >= 4 is 21.3 Å². The first kappa shape index (κ1) is 11.0. The zero-order valence-corrected chi connectivity index (χ0v) is 9.43. The Hall–Kier alpha value is -1.10. The monoisotopic (exact) mass is 214 g/mol. The van der Waals surface area contributed by atoms with Crippen molar-refractivity contribution in [3.63, 3.8) is 0 Å². The van der Waals surface area contributed by atoms with Crippen molar-refractivity contribution in [1.29, 1.82) is 0 Å². The number of aryl methyl sites for hydroxylation is 1. The van der Waals surface area contributed by atoms with Gasteiger partial charge in [-0.1, -0.05) is 0 Å². The summed E-state index contributed by atoms with van der Waals surface area (Å²) in [5, 5.41) is 11.8. The van der Waals surface area contributed by atoms with Gasteiger partial charge in [-0.05, 0) is 37.7 Å². The highest BCUT2D eigenvalue weighted by Gasteiger charge is 2.16. The smallest absolute Gasteiger partial charge is 0.326 e. The van der Waals surface area contributed by atoms with Crippen molar-refractivity contribution in [2.75, 3.05) is 18.0 Å². The molecule has 78 valence electrons.